The van der Waals surface area contributed by atoms with Crippen molar-refractivity contribution in [3.8, 4) is 0 Å². The summed E-state index contributed by atoms with van der Waals surface area (Å²) in [6.07, 6.45) is -7.10. The van der Waals surface area contributed by atoms with Crippen LogP contribution in [0.15, 0.2) is 0 Å². The van der Waals surface area contributed by atoms with Crippen molar-refractivity contribution in [3.05, 3.63) is 0 Å². The van der Waals surface area contributed by atoms with Crippen LogP contribution in [0, 0.1) is 0 Å². The number of rotatable bonds is 10. The topological polar surface area (TPSA) is 136 Å². The quantitative estimate of drug-likeness (QED) is 0.424. The van der Waals surface area contributed by atoms with Crippen molar-refractivity contribution in [1.82, 2.24) is 0 Å². The summed E-state index contributed by atoms with van der Waals surface area (Å²) in [4.78, 5) is 0. The molecule has 0 aromatic rings. The third-order valence-electron chi connectivity index (χ3n) is 2.12. The summed E-state index contributed by atoms with van der Waals surface area (Å²) in [7, 11) is -7.32. The maximum absolute atomic E-state index is 12.7. The predicted octanol–water partition coefficient (Wildman–Crippen LogP) is 0.275. The fourth-order valence-corrected chi connectivity index (χ4v) is 4.63. The molecule has 0 saturated heterocycles. The Bertz CT molecular complexity index is 334. The molecule has 0 radical (unpaired) electrons. The minimum absolute atomic E-state index is 0.120. The van der Waals surface area contributed by atoms with Gasteiger partial charge in [0.05, 0.1) is 12.3 Å². The molecule has 19 heavy (non-hydrogen) atoms. The summed E-state index contributed by atoms with van der Waals surface area (Å²) in [6, 6.07) is 0. The van der Waals surface area contributed by atoms with Crippen LogP contribution in [0.25, 0.3) is 0 Å². The molecule has 4 atom stereocenters. The van der Waals surface area contributed by atoms with Crippen molar-refractivity contribution in [1.29, 1.82) is 0 Å². The molecular weight excluding hydrogens is 304 g/mol. The van der Waals surface area contributed by atoms with Crippen molar-refractivity contribution in [2.45, 2.75) is 24.8 Å². The SMILES string of the molecule is NCCC(O)C[P+](=O)OP(=O)(CC(O)CN)C(F)F. The van der Waals surface area contributed by atoms with Crippen LogP contribution < -0.4 is 11.5 Å². The Labute approximate surface area is 110 Å². The molecule has 0 aliphatic heterocycles. The fraction of sp³-hybridized carbons (Fsp3) is 1.00. The van der Waals surface area contributed by atoms with Crippen molar-refractivity contribution in [2.75, 3.05) is 25.4 Å². The molecule has 0 aromatic heterocycles. The number of alkyl halides is 2. The van der Waals surface area contributed by atoms with E-state index in [-0.39, 0.29) is 19.5 Å². The molecule has 7 nitrogen and oxygen atoms in total. The van der Waals surface area contributed by atoms with Gasteiger partial charge in [-0.1, -0.05) is 4.31 Å². The van der Waals surface area contributed by atoms with E-state index in [1.807, 2.05) is 0 Å². The first kappa shape index (κ1) is 19.0. The predicted molar refractivity (Wildman–Crippen MR) is 66.8 cm³/mol. The van der Waals surface area contributed by atoms with Gasteiger partial charge in [0.15, 0.2) is 0 Å². The molecule has 0 aromatic carbocycles. The maximum Gasteiger partial charge on any atom is 0.517 e. The zero-order valence-corrected chi connectivity index (χ0v) is 12.0. The Balaban J connectivity index is 4.58. The van der Waals surface area contributed by atoms with Crippen LogP contribution >= 0.6 is 15.4 Å². The second kappa shape index (κ2) is 9.02. The Kier molecular flexibility index (Phi) is 9.02. The van der Waals surface area contributed by atoms with Gasteiger partial charge in [0.2, 0.25) is 6.16 Å². The van der Waals surface area contributed by atoms with Gasteiger partial charge in [-0.3, -0.25) is 4.57 Å². The van der Waals surface area contributed by atoms with Crippen LogP contribution in [0.2, 0.25) is 0 Å². The van der Waals surface area contributed by atoms with Crippen molar-refractivity contribution >= 4 is 15.4 Å². The molecule has 0 bridgehead atoms. The van der Waals surface area contributed by atoms with Crippen LogP contribution in [-0.2, 0) is 13.4 Å². The van der Waals surface area contributed by atoms with Gasteiger partial charge >= 0.3 is 21.6 Å². The third-order valence-corrected chi connectivity index (χ3v) is 6.20. The zero-order chi connectivity index (χ0) is 15.1. The van der Waals surface area contributed by atoms with E-state index >= 15 is 0 Å². The minimum Gasteiger partial charge on any atom is -0.391 e. The lowest BCUT2D eigenvalue weighted by molar-refractivity contribution is 0.181. The largest absolute Gasteiger partial charge is 0.517 e. The maximum atomic E-state index is 12.7. The first-order chi connectivity index (χ1) is 8.75. The van der Waals surface area contributed by atoms with Gasteiger partial charge < -0.3 is 21.7 Å². The second-order valence-corrected chi connectivity index (χ2v) is 7.80. The van der Waals surface area contributed by atoms with Gasteiger partial charge in [0, 0.05) is 6.54 Å². The van der Waals surface area contributed by atoms with E-state index in [0.29, 0.717) is 0 Å². The number of hydrogen-bond acceptors (Lipinski definition) is 7. The van der Waals surface area contributed by atoms with Gasteiger partial charge in [0.25, 0.3) is 0 Å². The van der Waals surface area contributed by atoms with Crippen molar-refractivity contribution < 1.29 is 32.4 Å². The first-order valence-corrected chi connectivity index (χ1v) is 8.77. The van der Waals surface area contributed by atoms with Gasteiger partial charge in [-0.05, 0) is 17.5 Å². The summed E-state index contributed by atoms with van der Waals surface area (Å²) in [5.41, 5.74) is 10.2. The van der Waals surface area contributed by atoms with Crippen LogP contribution in [-0.4, -0.2) is 54.0 Å². The molecule has 0 rings (SSSR count). The third kappa shape index (κ3) is 7.37. The Morgan fingerprint density at radius 2 is 1.84 bits per heavy atom. The minimum atomic E-state index is -4.58. The first-order valence-electron chi connectivity index (χ1n) is 5.52. The highest BCUT2D eigenvalue weighted by Crippen LogP contribution is 2.59. The van der Waals surface area contributed by atoms with E-state index in [2.05, 4.69) is 4.31 Å². The van der Waals surface area contributed by atoms with E-state index in [1.165, 1.54) is 0 Å². The lowest BCUT2D eigenvalue weighted by atomic mass is 10.3. The molecule has 0 heterocycles. The molecule has 4 unspecified atom stereocenters. The van der Waals surface area contributed by atoms with Crippen LogP contribution in [0.4, 0.5) is 8.78 Å². The highest BCUT2D eigenvalue weighted by atomic mass is 31.2. The molecule has 0 fully saturated rings. The molecule has 0 saturated carbocycles. The summed E-state index contributed by atoms with van der Waals surface area (Å²) in [5, 5.41) is 18.4. The number of nitrogens with two attached hydrogens (primary N) is 2. The molecule has 11 heteroatoms. The molecular formula is C8H19F2N2O5P2+. The lowest BCUT2D eigenvalue weighted by Gasteiger charge is -2.14. The van der Waals surface area contributed by atoms with E-state index in [1.54, 1.807) is 0 Å². The standard InChI is InChI=1S/C8H19F2N2O5P2/c9-8(10)19(16,5-7(14)3-12)17-18(15)4-6(13)1-2-11/h6-8,13-14H,1-5,11-12H2/q+1. The van der Waals surface area contributed by atoms with E-state index < -0.39 is 46.1 Å². The Morgan fingerprint density at radius 3 is 2.26 bits per heavy atom. The van der Waals surface area contributed by atoms with Gasteiger partial charge in [-0.25, -0.2) is 0 Å². The van der Waals surface area contributed by atoms with Crippen LogP contribution in [0.3, 0.4) is 0 Å². The summed E-state index contributed by atoms with van der Waals surface area (Å²) < 4.78 is 52.9. The van der Waals surface area contributed by atoms with Gasteiger partial charge in [0.1, 0.15) is 6.10 Å². The smallest absolute Gasteiger partial charge is 0.391 e. The molecule has 0 aliphatic rings. The number of hydrogen-bond donors (Lipinski definition) is 4. The highest BCUT2D eigenvalue weighted by molar-refractivity contribution is 7.66. The van der Waals surface area contributed by atoms with Crippen LogP contribution in [0.5, 0.6) is 0 Å². The number of aliphatic hydroxyl groups excluding tert-OH is 2. The zero-order valence-electron chi connectivity index (χ0n) is 10.2. The Hall–Kier alpha value is -0.0100. The second-order valence-electron chi connectivity index (χ2n) is 3.90. The summed E-state index contributed by atoms with van der Waals surface area (Å²) in [5.74, 6) is 0. The molecule has 0 amide bonds. The Morgan fingerprint density at radius 1 is 1.26 bits per heavy atom. The number of halogens is 2. The molecule has 0 spiro atoms. The number of aliphatic hydroxyl groups is 2. The average Bonchev–Trinajstić information content (AvgIpc) is 2.28. The van der Waals surface area contributed by atoms with E-state index in [0.717, 1.165) is 0 Å². The monoisotopic (exact) mass is 323 g/mol. The van der Waals surface area contributed by atoms with Gasteiger partial charge in [-0.15, -0.1) is 0 Å². The van der Waals surface area contributed by atoms with E-state index in [4.69, 9.17) is 16.6 Å². The molecule has 6 N–H and O–H groups in total. The van der Waals surface area contributed by atoms with Crippen LogP contribution in [0.1, 0.15) is 6.42 Å². The molecule has 0 aliphatic carbocycles. The summed E-state index contributed by atoms with van der Waals surface area (Å²) in [6.45, 7) is -0.241. The van der Waals surface area contributed by atoms with E-state index in [9.17, 15) is 23.0 Å². The molecule has 114 valence electrons. The van der Waals surface area contributed by atoms with Crippen molar-refractivity contribution in [2.24, 2.45) is 11.5 Å². The average molecular weight is 323 g/mol. The highest BCUT2D eigenvalue weighted by Gasteiger charge is 2.45. The van der Waals surface area contributed by atoms with Gasteiger partial charge in [-0.2, -0.15) is 8.78 Å². The van der Waals surface area contributed by atoms with Crippen molar-refractivity contribution in [3.63, 3.8) is 0 Å². The lowest BCUT2D eigenvalue weighted by Crippen LogP contribution is -2.25. The normalized spacial score (nSPS) is 19.0. The fourth-order valence-electron chi connectivity index (χ4n) is 1.16. The summed E-state index contributed by atoms with van der Waals surface area (Å²) >= 11 is 0.